The predicted octanol–water partition coefficient (Wildman–Crippen LogP) is 3.12. The molecule has 1 saturated heterocycles. The number of hydrogen-bond donors (Lipinski definition) is 2. The highest BCUT2D eigenvalue weighted by Gasteiger charge is 2.53. The molecule has 1 fully saturated rings. The first kappa shape index (κ1) is 23.7. The van der Waals surface area contributed by atoms with E-state index >= 15 is 0 Å². The topological polar surface area (TPSA) is 130 Å². The minimum absolute atomic E-state index is 0.288. The van der Waals surface area contributed by atoms with Crippen LogP contribution in [0.2, 0.25) is 0 Å². The molecule has 1 aliphatic heterocycles. The molecule has 3 aromatic rings. The molecule has 0 saturated carbocycles. The lowest BCUT2D eigenvalue weighted by Gasteiger charge is -2.47. The molecule has 9 nitrogen and oxygen atoms in total. The fraction of sp³-hybridized carbons (Fsp3) is 0.360. The molecule has 34 heavy (non-hydrogen) atoms. The zero-order valence-corrected chi connectivity index (χ0v) is 19.3. The summed E-state index contributed by atoms with van der Waals surface area (Å²) < 4.78 is 27.9. The number of primary amides is 1. The van der Waals surface area contributed by atoms with Gasteiger partial charge in [0.1, 0.15) is 17.4 Å². The quantitative estimate of drug-likeness (QED) is 0.545. The number of ether oxygens (including phenoxy) is 4. The van der Waals surface area contributed by atoms with Gasteiger partial charge in [0, 0.05) is 18.6 Å². The Morgan fingerprint density at radius 1 is 1.15 bits per heavy atom. The van der Waals surface area contributed by atoms with Gasteiger partial charge in [-0.1, -0.05) is 30.3 Å². The highest BCUT2D eigenvalue weighted by atomic mass is 16.7. The van der Waals surface area contributed by atoms with Gasteiger partial charge in [-0.3, -0.25) is 0 Å². The van der Waals surface area contributed by atoms with Crippen molar-refractivity contribution in [1.29, 1.82) is 0 Å². The Labute approximate surface area is 196 Å². The van der Waals surface area contributed by atoms with Gasteiger partial charge in [-0.05, 0) is 44.0 Å². The van der Waals surface area contributed by atoms with E-state index < -0.39 is 41.9 Å². The molecule has 1 amide bonds. The van der Waals surface area contributed by atoms with Gasteiger partial charge in [0.15, 0.2) is 12.2 Å². The van der Waals surface area contributed by atoms with Crippen molar-refractivity contribution in [3.05, 3.63) is 64.5 Å². The number of nitrogens with two attached hydrogens (primary N) is 1. The second-order valence-corrected chi connectivity index (χ2v) is 8.67. The van der Waals surface area contributed by atoms with Gasteiger partial charge in [0.25, 0.3) is 0 Å². The second kappa shape index (κ2) is 9.09. The lowest BCUT2D eigenvalue weighted by molar-refractivity contribution is -0.304. The van der Waals surface area contributed by atoms with Crippen molar-refractivity contribution >= 4 is 17.1 Å². The van der Waals surface area contributed by atoms with E-state index in [-0.39, 0.29) is 5.75 Å². The Balaban J connectivity index is 1.67. The zero-order chi connectivity index (χ0) is 24.6. The molecule has 0 spiro atoms. The maximum atomic E-state index is 12.8. The predicted molar refractivity (Wildman–Crippen MR) is 123 cm³/mol. The van der Waals surface area contributed by atoms with Crippen LogP contribution in [0, 0.1) is 6.92 Å². The molecule has 9 heteroatoms. The van der Waals surface area contributed by atoms with E-state index in [2.05, 4.69) is 0 Å². The molecule has 0 radical (unpaired) electrons. The first-order valence-corrected chi connectivity index (χ1v) is 10.8. The SMILES string of the molecule is CO[C@@H]1[C@H](OC(N)=O)[C@H](O)C(Oc2ccc3c(C)c(-c4ccccc4)c(=O)oc3c2)OC1(C)C. The molecular formula is C25H27NO8. The van der Waals surface area contributed by atoms with E-state index in [1.54, 1.807) is 32.0 Å². The average Bonchev–Trinajstić information content (AvgIpc) is 2.77. The zero-order valence-electron chi connectivity index (χ0n) is 19.3. The Morgan fingerprint density at radius 2 is 1.85 bits per heavy atom. The summed E-state index contributed by atoms with van der Waals surface area (Å²) in [5, 5.41) is 11.5. The van der Waals surface area contributed by atoms with E-state index in [4.69, 9.17) is 29.1 Å². The minimum Gasteiger partial charge on any atom is -0.462 e. The normalized spacial score (nSPS) is 24.0. The third-order valence-corrected chi connectivity index (χ3v) is 5.98. The number of aliphatic hydroxyl groups excluding tert-OH is 1. The van der Waals surface area contributed by atoms with Gasteiger partial charge in [-0.15, -0.1) is 0 Å². The smallest absolute Gasteiger partial charge is 0.404 e. The molecule has 0 aliphatic carbocycles. The summed E-state index contributed by atoms with van der Waals surface area (Å²) in [5.41, 5.74) is 6.09. The Morgan fingerprint density at radius 3 is 2.50 bits per heavy atom. The van der Waals surface area contributed by atoms with Crippen molar-refractivity contribution in [3.8, 4) is 16.9 Å². The second-order valence-electron chi connectivity index (χ2n) is 8.67. The maximum absolute atomic E-state index is 12.8. The van der Waals surface area contributed by atoms with Crippen molar-refractivity contribution in [2.45, 2.75) is 51.0 Å². The summed E-state index contributed by atoms with van der Waals surface area (Å²) in [4.78, 5) is 24.2. The number of hydrogen-bond acceptors (Lipinski definition) is 8. The highest BCUT2D eigenvalue weighted by Crippen LogP contribution is 2.35. The summed E-state index contributed by atoms with van der Waals surface area (Å²) in [7, 11) is 1.42. The van der Waals surface area contributed by atoms with Crippen LogP contribution in [0.5, 0.6) is 5.75 Å². The third kappa shape index (κ3) is 4.37. The van der Waals surface area contributed by atoms with Crippen LogP contribution in [0.1, 0.15) is 19.4 Å². The molecule has 180 valence electrons. The van der Waals surface area contributed by atoms with Gasteiger partial charge < -0.3 is 34.2 Å². The molecule has 1 unspecified atom stereocenters. The highest BCUT2D eigenvalue weighted by molar-refractivity contribution is 5.87. The number of aryl methyl sites for hydroxylation is 1. The maximum Gasteiger partial charge on any atom is 0.404 e. The van der Waals surface area contributed by atoms with Gasteiger partial charge >= 0.3 is 11.7 Å². The molecule has 1 aromatic heterocycles. The monoisotopic (exact) mass is 469 g/mol. The first-order valence-electron chi connectivity index (χ1n) is 10.8. The van der Waals surface area contributed by atoms with Crippen LogP contribution in [0.4, 0.5) is 4.79 Å². The van der Waals surface area contributed by atoms with Crippen molar-refractivity contribution in [1.82, 2.24) is 0 Å². The van der Waals surface area contributed by atoms with Crippen LogP contribution < -0.4 is 16.1 Å². The van der Waals surface area contributed by atoms with Gasteiger partial charge in [-0.25, -0.2) is 9.59 Å². The Bertz CT molecular complexity index is 1250. The summed E-state index contributed by atoms with van der Waals surface area (Å²) in [6.07, 6.45) is -5.57. The van der Waals surface area contributed by atoms with Crippen LogP contribution in [0.15, 0.2) is 57.7 Å². The number of rotatable bonds is 5. The fourth-order valence-electron chi connectivity index (χ4n) is 4.43. The summed E-state index contributed by atoms with van der Waals surface area (Å²) >= 11 is 0. The molecule has 2 aromatic carbocycles. The third-order valence-electron chi connectivity index (χ3n) is 5.98. The van der Waals surface area contributed by atoms with Crippen LogP contribution in [-0.4, -0.2) is 48.5 Å². The number of methoxy groups -OCH3 is 1. The standard InChI is InChI=1S/C25H27NO8/c1-13-16-11-10-15(12-17(16)32-22(28)18(13)14-8-6-5-7-9-14)31-23-19(27)20(33-24(26)29)21(30-4)25(2,3)34-23/h5-12,19-21,23,27H,1-4H3,(H2,26,29)/t19-,20+,21+,23?/m0/s1. The van der Waals surface area contributed by atoms with E-state index in [0.717, 1.165) is 16.5 Å². The van der Waals surface area contributed by atoms with E-state index in [1.807, 2.05) is 37.3 Å². The lowest BCUT2D eigenvalue weighted by atomic mass is 9.89. The molecule has 4 atom stereocenters. The number of amides is 1. The molecular weight excluding hydrogens is 442 g/mol. The van der Waals surface area contributed by atoms with Gasteiger partial charge in [0.05, 0.1) is 11.2 Å². The number of fused-ring (bicyclic) bond motifs is 1. The molecule has 4 rings (SSSR count). The molecule has 2 heterocycles. The summed E-state index contributed by atoms with van der Waals surface area (Å²) in [5.74, 6) is 0.288. The fourth-order valence-corrected chi connectivity index (χ4v) is 4.43. The molecule has 0 bridgehead atoms. The molecule has 1 aliphatic rings. The Hall–Kier alpha value is -3.40. The summed E-state index contributed by atoms with van der Waals surface area (Å²) in [6, 6.07) is 14.3. The van der Waals surface area contributed by atoms with Gasteiger partial charge in [-0.2, -0.15) is 0 Å². The minimum atomic E-state index is -1.39. The largest absolute Gasteiger partial charge is 0.462 e. The number of carbonyl (C=O) groups excluding carboxylic acids is 1. The van der Waals surface area contributed by atoms with Crippen LogP contribution in [0.3, 0.4) is 0 Å². The van der Waals surface area contributed by atoms with Crippen molar-refractivity contribution in [3.63, 3.8) is 0 Å². The van der Waals surface area contributed by atoms with Crippen LogP contribution >= 0.6 is 0 Å². The van der Waals surface area contributed by atoms with E-state index in [1.165, 1.54) is 7.11 Å². The van der Waals surface area contributed by atoms with Gasteiger partial charge in [0.2, 0.25) is 6.29 Å². The van der Waals surface area contributed by atoms with Crippen molar-refractivity contribution in [2.75, 3.05) is 7.11 Å². The van der Waals surface area contributed by atoms with Crippen LogP contribution in [-0.2, 0) is 14.2 Å². The first-order chi connectivity index (χ1) is 16.1. The van der Waals surface area contributed by atoms with Crippen LogP contribution in [0.25, 0.3) is 22.1 Å². The Kier molecular flexibility index (Phi) is 6.35. The van der Waals surface area contributed by atoms with Crippen molar-refractivity contribution < 1.29 is 33.3 Å². The van der Waals surface area contributed by atoms with E-state index in [9.17, 15) is 14.7 Å². The van der Waals surface area contributed by atoms with E-state index in [0.29, 0.717) is 11.1 Å². The van der Waals surface area contributed by atoms with Crippen molar-refractivity contribution in [2.24, 2.45) is 5.73 Å². The average molecular weight is 469 g/mol. The molecule has 3 N–H and O–H groups in total. The summed E-state index contributed by atoms with van der Waals surface area (Å²) in [6.45, 7) is 5.29. The number of carbonyl (C=O) groups is 1. The number of aliphatic hydroxyl groups is 1. The number of benzene rings is 2. The lowest BCUT2D eigenvalue weighted by Crippen LogP contribution is -2.65.